The molecule has 0 heterocycles. The fraction of sp³-hybridized carbons (Fsp3) is 0.667. The van der Waals surface area contributed by atoms with E-state index in [-0.39, 0.29) is 0 Å². The Labute approximate surface area is 116 Å². The summed E-state index contributed by atoms with van der Waals surface area (Å²) in [5, 5.41) is 0. The van der Waals surface area contributed by atoms with E-state index >= 15 is 0 Å². The van der Waals surface area contributed by atoms with E-state index in [0.717, 1.165) is 30.2 Å². The van der Waals surface area contributed by atoms with Crippen LogP contribution in [0, 0.1) is 23.7 Å². The molecule has 1 heteroatoms. The molecule has 1 aromatic rings. The Morgan fingerprint density at radius 3 is 2.58 bits per heavy atom. The first-order valence-electron chi connectivity index (χ1n) is 8.07. The smallest absolute Gasteiger partial charge is 0.00104 e. The van der Waals surface area contributed by atoms with Gasteiger partial charge in [-0.1, -0.05) is 36.8 Å². The van der Waals surface area contributed by atoms with Crippen LogP contribution in [0.15, 0.2) is 30.3 Å². The number of hydrogen-bond acceptors (Lipinski definition) is 1. The summed E-state index contributed by atoms with van der Waals surface area (Å²) >= 11 is 0. The minimum Gasteiger partial charge on any atom is -0.330 e. The molecule has 0 aliphatic heterocycles. The highest BCUT2D eigenvalue weighted by atomic mass is 14.6. The van der Waals surface area contributed by atoms with Crippen molar-refractivity contribution >= 4 is 0 Å². The summed E-state index contributed by atoms with van der Waals surface area (Å²) in [6, 6.07) is 11.4. The number of hydrogen-bond donors (Lipinski definition) is 1. The van der Waals surface area contributed by atoms with Gasteiger partial charge in [0, 0.05) is 0 Å². The molecule has 0 spiro atoms. The molecule has 3 aliphatic carbocycles. The summed E-state index contributed by atoms with van der Waals surface area (Å²) in [7, 11) is 0. The van der Waals surface area contributed by atoms with Crippen LogP contribution in [0.1, 0.15) is 44.1 Å². The third-order valence-corrected chi connectivity index (χ3v) is 6.42. The molecule has 5 atom stereocenters. The lowest BCUT2D eigenvalue weighted by molar-refractivity contribution is -0.0359. The minimum absolute atomic E-state index is 0.482. The van der Waals surface area contributed by atoms with Gasteiger partial charge in [0.25, 0.3) is 0 Å². The van der Waals surface area contributed by atoms with Gasteiger partial charge in [0.15, 0.2) is 0 Å². The third-order valence-electron chi connectivity index (χ3n) is 6.42. The van der Waals surface area contributed by atoms with Gasteiger partial charge in [-0.15, -0.1) is 0 Å². The van der Waals surface area contributed by atoms with E-state index in [1.165, 1.54) is 38.5 Å². The van der Waals surface area contributed by atoms with Gasteiger partial charge in [-0.2, -0.15) is 0 Å². The van der Waals surface area contributed by atoms with E-state index in [9.17, 15) is 0 Å². The van der Waals surface area contributed by atoms with Gasteiger partial charge in [0.05, 0.1) is 0 Å². The first-order chi connectivity index (χ1) is 9.32. The van der Waals surface area contributed by atoms with Crippen LogP contribution < -0.4 is 5.73 Å². The molecule has 102 valence electrons. The lowest BCUT2D eigenvalue weighted by atomic mass is 9.45. The van der Waals surface area contributed by atoms with Crippen LogP contribution in [-0.2, 0) is 5.41 Å². The van der Waals surface area contributed by atoms with Gasteiger partial charge < -0.3 is 5.73 Å². The molecule has 0 radical (unpaired) electrons. The van der Waals surface area contributed by atoms with Crippen molar-refractivity contribution in [2.75, 3.05) is 6.54 Å². The highest BCUT2D eigenvalue weighted by molar-refractivity contribution is 5.30. The van der Waals surface area contributed by atoms with E-state index < -0.39 is 0 Å². The lowest BCUT2D eigenvalue weighted by Gasteiger charge is -2.60. The van der Waals surface area contributed by atoms with Crippen molar-refractivity contribution in [2.45, 2.75) is 43.9 Å². The number of benzene rings is 1. The molecule has 19 heavy (non-hydrogen) atoms. The summed E-state index contributed by atoms with van der Waals surface area (Å²) in [5.74, 6) is 3.57. The predicted molar refractivity (Wildman–Crippen MR) is 78.8 cm³/mol. The molecular weight excluding hydrogens is 230 g/mol. The fourth-order valence-electron chi connectivity index (χ4n) is 5.91. The summed E-state index contributed by atoms with van der Waals surface area (Å²) in [4.78, 5) is 0. The molecule has 0 amide bonds. The second-order valence-electron chi connectivity index (χ2n) is 7.31. The molecule has 5 unspecified atom stereocenters. The van der Waals surface area contributed by atoms with Crippen LogP contribution in [0.3, 0.4) is 0 Å². The van der Waals surface area contributed by atoms with Crippen molar-refractivity contribution in [1.82, 2.24) is 0 Å². The van der Waals surface area contributed by atoms with E-state index in [0.29, 0.717) is 5.41 Å². The predicted octanol–water partition coefficient (Wildman–Crippen LogP) is 3.73. The van der Waals surface area contributed by atoms with Crippen LogP contribution in [0.5, 0.6) is 0 Å². The summed E-state index contributed by atoms with van der Waals surface area (Å²) in [6.07, 6.45) is 8.66. The van der Waals surface area contributed by atoms with Gasteiger partial charge in [0.1, 0.15) is 0 Å². The maximum atomic E-state index is 6.13. The molecule has 1 nitrogen and oxygen atoms in total. The first-order valence-corrected chi connectivity index (χ1v) is 8.07. The Balaban J connectivity index is 1.81. The van der Waals surface area contributed by atoms with Crippen LogP contribution >= 0.6 is 0 Å². The van der Waals surface area contributed by atoms with Crippen molar-refractivity contribution in [3.05, 3.63) is 35.9 Å². The molecule has 4 rings (SSSR count). The van der Waals surface area contributed by atoms with Crippen molar-refractivity contribution in [3.63, 3.8) is 0 Å². The quantitative estimate of drug-likeness (QED) is 0.856. The van der Waals surface area contributed by atoms with Gasteiger partial charge in [0.2, 0.25) is 0 Å². The number of nitrogens with two attached hydrogens (primary N) is 1. The maximum absolute atomic E-state index is 6.13. The van der Waals surface area contributed by atoms with E-state index in [2.05, 4.69) is 30.3 Å². The summed E-state index contributed by atoms with van der Waals surface area (Å²) in [6.45, 7) is 0.903. The van der Waals surface area contributed by atoms with Gasteiger partial charge >= 0.3 is 0 Å². The number of rotatable bonds is 2. The van der Waals surface area contributed by atoms with Crippen LogP contribution in [0.25, 0.3) is 0 Å². The number of fused-ring (bicyclic) bond motifs is 2. The average Bonchev–Trinajstić information content (AvgIpc) is 2.45. The van der Waals surface area contributed by atoms with Crippen molar-refractivity contribution in [3.8, 4) is 0 Å². The van der Waals surface area contributed by atoms with Crippen molar-refractivity contribution in [2.24, 2.45) is 29.4 Å². The Morgan fingerprint density at radius 1 is 1.00 bits per heavy atom. The highest BCUT2D eigenvalue weighted by Crippen LogP contribution is 2.62. The van der Waals surface area contributed by atoms with Gasteiger partial charge in [-0.25, -0.2) is 0 Å². The molecular formula is C18H25N. The monoisotopic (exact) mass is 255 g/mol. The minimum atomic E-state index is 0.482. The van der Waals surface area contributed by atoms with Gasteiger partial charge in [-0.05, 0) is 73.3 Å². The van der Waals surface area contributed by atoms with Crippen LogP contribution in [0.4, 0.5) is 0 Å². The molecule has 2 N–H and O–H groups in total. The van der Waals surface area contributed by atoms with E-state index in [1.54, 1.807) is 5.56 Å². The molecule has 1 aromatic carbocycles. The van der Waals surface area contributed by atoms with Gasteiger partial charge in [-0.3, -0.25) is 0 Å². The van der Waals surface area contributed by atoms with E-state index in [1.807, 2.05) is 0 Å². The molecule has 0 saturated heterocycles. The highest BCUT2D eigenvalue weighted by Gasteiger charge is 2.55. The SMILES string of the molecule is NCC1CC2CC3CCC1C(c1ccccc1)(C3)C2. The average molecular weight is 255 g/mol. The molecule has 3 fully saturated rings. The summed E-state index contributed by atoms with van der Waals surface area (Å²) < 4.78 is 0. The first kappa shape index (κ1) is 12.0. The largest absolute Gasteiger partial charge is 0.330 e. The maximum Gasteiger partial charge on any atom is -0.00104 e. The second-order valence-corrected chi connectivity index (χ2v) is 7.31. The van der Waals surface area contributed by atoms with Crippen molar-refractivity contribution < 1.29 is 0 Å². The third kappa shape index (κ3) is 1.71. The molecule has 0 aromatic heterocycles. The topological polar surface area (TPSA) is 26.0 Å². The van der Waals surface area contributed by atoms with Crippen molar-refractivity contribution in [1.29, 1.82) is 0 Å². The normalized spacial score (nSPS) is 44.3. The Morgan fingerprint density at radius 2 is 1.79 bits per heavy atom. The Bertz CT molecular complexity index is 450. The van der Waals surface area contributed by atoms with E-state index in [4.69, 9.17) is 5.73 Å². The second kappa shape index (κ2) is 4.34. The zero-order chi connectivity index (χ0) is 12.9. The molecule has 3 aliphatic rings. The zero-order valence-electron chi connectivity index (χ0n) is 11.7. The molecule has 3 bridgehead atoms. The lowest BCUT2D eigenvalue weighted by Crippen LogP contribution is -2.54. The standard InChI is InChI=1S/C18H25N/c19-12-15-9-14-8-13-6-7-17(15)18(10-13,11-14)16-4-2-1-3-5-16/h1-5,13-15,17H,6-12,19H2. The fourth-order valence-corrected chi connectivity index (χ4v) is 5.91. The van der Waals surface area contributed by atoms with Crippen LogP contribution in [-0.4, -0.2) is 6.54 Å². The Hall–Kier alpha value is -0.820. The zero-order valence-corrected chi connectivity index (χ0v) is 11.7. The Kier molecular flexibility index (Phi) is 2.73. The van der Waals surface area contributed by atoms with Crippen LogP contribution in [0.2, 0.25) is 0 Å². The molecule has 3 saturated carbocycles. The summed E-state index contributed by atoms with van der Waals surface area (Å²) in [5.41, 5.74) is 8.23.